The standard InChI is InChI=1S/C19H28ClN3O4S/c1-3-21(4-2)18(24)6-5-7-19(25)22-12-14-23(15-13-22)28(26,27)17-10-8-16(20)9-11-17/h8-11H,3-7,12-15H2,1-2H3. The maximum absolute atomic E-state index is 12.7. The van der Waals surface area contributed by atoms with Crippen molar-refractivity contribution >= 4 is 33.4 Å². The van der Waals surface area contributed by atoms with E-state index < -0.39 is 10.0 Å². The van der Waals surface area contributed by atoms with Crippen LogP contribution in [0.1, 0.15) is 33.1 Å². The minimum atomic E-state index is -3.58. The van der Waals surface area contributed by atoms with Crippen LogP contribution in [-0.2, 0) is 19.6 Å². The van der Waals surface area contributed by atoms with E-state index in [0.29, 0.717) is 50.5 Å². The maximum Gasteiger partial charge on any atom is 0.243 e. The molecule has 9 heteroatoms. The molecular formula is C19H28ClN3O4S. The summed E-state index contributed by atoms with van der Waals surface area (Å²) in [7, 11) is -3.58. The molecule has 2 amide bonds. The first-order chi connectivity index (χ1) is 13.3. The average Bonchev–Trinajstić information content (AvgIpc) is 2.69. The first kappa shape index (κ1) is 22.6. The first-order valence-corrected chi connectivity index (χ1v) is 11.4. The molecule has 0 radical (unpaired) electrons. The Kier molecular flexibility index (Phi) is 8.27. The smallest absolute Gasteiger partial charge is 0.243 e. The molecule has 1 fully saturated rings. The van der Waals surface area contributed by atoms with Crippen LogP contribution in [-0.4, -0.2) is 73.6 Å². The summed E-state index contributed by atoms with van der Waals surface area (Å²) in [5, 5.41) is 0.480. The summed E-state index contributed by atoms with van der Waals surface area (Å²) in [5.74, 6) is 0.0348. The lowest BCUT2D eigenvalue weighted by atomic mass is 10.2. The Morgan fingerprint density at radius 3 is 2.11 bits per heavy atom. The molecule has 1 aromatic carbocycles. The van der Waals surface area contributed by atoms with E-state index in [1.165, 1.54) is 16.4 Å². The zero-order chi connectivity index (χ0) is 20.7. The van der Waals surface area contributed by atoms with Gasteiger partial charge in [0.2, 0.25) is 21.8 Å². The Bertz CT molecular complexity index is 771. The summed E-state index contributed by atoms with van der Waals surface area (Å²) >= 11 is 5.82. The molecule has 28 heavy (non-hydrogen) atoms. The van der Waals surface area contributed by atoms with Gasteiger partial charge in [0.05, 0.1) is 4.90 Å². The third-order valence-electron chi connectivity index (χ3n) is 4.94. The number of rotatable bonds is 8. The number of hydrogen-bond acceptors (Lipinski definition) is 4. The molecule has 156 valence electrons. The van der Waals surface area contributed by atoms with E-state index in [4.69, 9.17) is 11.6 Å². The number of benzene rings is 1. The largest absolute Gasteiger partial charge is 0.343 e. The molecule has 0 atom stereocenters. The van der Waals surface area contributed by atoms with Gasteiger partial charge < -0.3 is 9.80 Å². The predicted molar refractivity (Wildman–Crippen MR) is 109 cm³/mol. The highest BCUT2D eigenvalue weighted by Gasteiger charge is 2.30. The van der Waals surface area contributed by atoms with Crippen molar-refractivity contribution in [3.63, 3.8) is 0 Å². The van der Waals surface area contributed by atoms with Crippen LogP contribution in [0.2, 0.25) is 5.02 Å². The monoisotopic (exact) mass is 429 g/mol. The molecule has 1 aliphatic rings. The van der Waals surface area contributed by atoms with Crippen molar-refractivity contribution in [1.29, 1.82) is 0 Å². The van der Waals surface area contributed by atoms with Crippen LogP contribution in [0.15, 0.2) is 29.2 Å². The highest BCUT2D eigenvalue weighted by Crippen LogP contribution is 2.20. The van der Waals surface area contributed by atoms with E-state index in [-0.39, 0.29) is 29.8 Å². The van der Waals surface area contributed by atoms with Gasteiger partial charge in [-0.3, -0.25) is 9.59 Å². The van der Waals surface area contributed by atoms with E-state index in [0.717, 1.165) is 0 Å². The van der Waals surface area contributed by atoms with E-state index >= 15 is 0 Å². The molecule has 1 aromatic rings. The molecule has 0 N–H and O–H groups in total. The van der Waals surface area contributed by atoms with Gasteiger partial charge in [0.25, 0.3) is 0 Å². The van der Waals surface area contributed by atoms with Crippen molar-refractivity contribution in [1.82, 2.24) is 14.1 Å². The quantitative estimate of drug-likeness (QED) is 0.634. The van der Waals surface area contributed by atoms with E-state index in [2.05, 4.69) is 0 Å². The number of nitrogens with zero attached hydrogens (tertiary/aromatic N) is 3. The lowest BCUT2D eigenvalue weighted by Gasteiger charge is -2.34. The second-order valence-electron chi connectivity index (χ2n) is 6.66. The van der Waals surface area contributed by atoms with Crippen molar-refractivity contribution in [2.45, 2.75) is 38.0 Å². The van der Waals surface area contributed by atoms with Crippen LogP contribution in [0, 0.1) is 0 Å². The van der Waals surface area contributed by atoms with Crippen LogP contribution in [0.25, 0.3) is 0 Å². The van der Waals surface area contributed by atoms with Crippen LogP contribution < -0.4 is 0 Å². The van der Waals surface area contributed by atoms with Gasteiger partial charge in [-0.2, -0.15) is 4.31 Å². The van der Waals surface area contributed by atoms with Gasteiger partial charge >= 0.3 is 0 Å². The fourth-order valence-corrected chi connectivity index (χ4v) is 4.77. The van der Waals surface area contributed by atoms with Gasteiger partial charge in [-0.15, -0.1) is 0 Å². The van der Waals surface area contributed by atoms with Gasteiger partial charge in [0, 0.05) is 57.1 Å². The molecule has 0 aromatic heterocycles. The molecule has 0 unspecified atom stereocenters. The Morgan fingerprint density at radius 1 is 1.00 bits per heavy atom. The lowest BCUT2D eigenvalue weighted by Crippen LogP contribution is -2.50. The normalized spacial score (nSPS) is 15.5. The minimum absolute atomic E-state index is 0.0316. The summed E-state index contributed by atoms with van der Waals surface area (Å²) in [5.41, 5.74) is 0. The summed E-state index contributed by atoms with van der Waals surface area (Å²) in [6.45, 7) is 6.45. The molecule has 1 saturated heterocycles. The Labute approximate surface area is 172 Å². The first-order valence-electron chi connectivity index (χ1n) is 9.60. The number of hydrogen-bond donors (Lipinski definition) is 0. The zero-order valence-electron chi connectivity index (χ0n) is 16.4. The molecule has 0 spiro atoms. The Hall–Kier alpha value is -1.64. The Balaban J connectivity index is 1.82. The third kappa shape index (κ3) is 5.68. The molecule has 0 aliphatic carbocycles. The number of piperazine rings is 1. The number of amides is 2. The number of carbonyl (C=O) groups is 2. The van der Waals surface area contributed by atoms with Crippen LogP contribution in [0.5, 0.6) is 0 Å². The SMILES string of the molecule is CCN(CC)C(=O)CCCC(=O)N1CCN(S(=O)(=O)c2ccc(Cl)cc2)CC1. The maximum atomic E-state index is 12.7. The summed E-state index contributed by atoms with van der Waals surface area (Å²) in [6.07, 6.45) is 1.17. The van der Waals surface area contributed by atoms with Crippen molar-refractivity contribution in [3.8, 4) is 0 Å². The van der Waals surface area contributed by atoms with Gasteiger partial charge in [0.1, 0.15) is 0 Å². The fraction of sp³-hybridized carbons (Fsp3) is 0.579. The van der Waals surface area contributed by atoms with E-state index in [1.54, 1.807) is 21.9 Å². The van der Waals surface area contributed by atoms with Crippen LogP contribution in [0.3, 0.4) is 0 Å². The van der Waals surface area contributed by atoms with Crippen molar-refractivity contribution < 1.29 is 18.0 Å². The minimum Gasteiger partial charge on any atom is -0.343 e. The number of carbonyl (C=O) groups excluding carboxylic acids is 2. The Morgan fingerprint density at radius 2 is 1.57 bits per heavy atom. The van der Waals surface area contributed by atoms with Gasteiger partial charge in [-0.05, 0) is 44.5 Å². The molecule has 0 saturated carbocycles. The molecule has 1 heterocycles. The van der Waals surface area contributed by atoms with Gasteiger partial charge in [-0.1, -0.05) is 11.6 Å². The van der Waals surface area contributed by atoms with Crippen molar-refractivity contribution in [3.05, 3.63) is 29.3 Å². The molecule has 7 nitrogen and oxygen atoms in total. The molecule has 0 bridgehead atoms. The third-order valence-corrected chi connectivity index (χ3v) is 7.11. The average molecular weight is 430 g/mol. The van der Waals surface area contributed by atoms with Crippen molar-refractivity contribution in [2.75, 3.05) is 39.3 Å². The fourth-order valence-electron chi connectivity index (χ4n) is 3.22. The van der Waals surface area contributed by atoms with Crippen LogP contribution in [0.4, 0.5) is 0 Å². The highest BCUT2D eigenvalue weighted by atomic mass is 35.5. The molecule has 1 aliphatic heterocycles. The van der Waals surface area contributed by atoms with Crippen LogP contribution >= 0.6 is 11.6 Å². The predicted octanol–water partition coefficient (Wildman–Crippen LogP) is 2.21. The van der Waals surface area contributed by atoms with Crippen molar-refractivity contribution in [2.24, 2.45) is 0 Å². The lowest BCUT2D eigenvalue weighted by molar-refractivity contribution is -0.133. The topological polar surface area (TPSA) is 78.0 Å². The van der Waals surface area contributed by atoms with E-state index in [9.17, 15) is 18.0 Å². The second kappa shape index (κ2) is 10.2. The molecule has 2 rings (SSSR count). The number of halogens is 1. The number of sulfonamides is 1. The van der Waals surface area contributed by atoms with Gasteiger partial charge in [0.15, 0.2) is 0 Å². The summed E-state index contributed by atoms with van der Waals surface area (Å²) in [4.78, 5) is 28.0. The zero-order valence-corrected chi connectivity index (χ0v) is 18.0. The molecular weight excluding hydrogens is 402 g/mol. The van der Waals surface area contributed by atoms with Gasteiger partial charge in [-0.25, -0.2) is 8.42 Å². The summed E-state index contributed by atoms with van der Waals surface area (Å²) < 4.78 is 26.8. The van der Waals surface area contributed by atoms with E-state index in [1.807, 2.05) is 13.8 Å². The highest BCUT2D eigenvalue weighted by molar-refractivity contribution is 7.89. The summed E-state index contributed by atoms with van der Waals surface area (Å²) in [6, 6.07) is 6.08. The second-order valence-corrected chi connectivity index (χ2v) is 9.03.